The monoisotopic (exact) mass is 526 g/mol. The predicted molar refractivity (Wildman–Crippen MR) is 141 cm³/mol. The molecule has 0 amide bonds. The second-order valence-corrected chi connectivity index (χ2v) is 8.84. The van der Waals surface area contributed by atoms with Gasteiger partial charge in [-0.3, -0.25) is 0 Å². The molecule has 0 aromatic heterocycles. The number of ether oxygens (including phenoxy) is 4. The zero-order valence-electron chi connectivity index (χ0n) is 22.3. The fraction of sp³-hybridized carbons (Fsp3) is 0.467. The third-order valence-electron chi connectivity index (χ3n) is 5.71. The molecule has 0 aliphatic carbocycles. The van der Waals surface area contributed by atoms with Crippen LogP contribution in [0, 0.1) is 0 Å². The quantitative estimate of drug-likeness (QED) is 0.147. The van der Waals surface area contributed by atoms with Gasteiger partial charge in [-0.25, -0.2) is 19.2 Å². The van der Waals surface area contributed by atoms with Crippen LogP contribution in [0.3, 0.4) is 0 Å². The van der Waals surface area contributed by atoms with Gasteiger partial charge in [0.1, 0.15) is 0 Å². The van der Waals surface area contributed by atoms with Crippen molar-refractivity contribution in [3.63, 3.8) is 0 Å². The van der Waals surface area contributed by atoms with Crippen molar-refractivity contribution in [3.8, 4) is 0 Å². The van der Waals surface area contributed by atoms with Crippen molar-refractivity contribution in [1.29, 1.82) is 0 Å². The Labute approximate surface area is 224 Å². The zero-order valence-corrected chi connectivity index (χ0v) is 22.3. The lowest BCUT2D eigenvalue weighted by Crippen LogP contribution is -2.47. The fourth-order valence-electron chi connectivity index (χ4n) is 3.55. The first-order chi connectivity index (χ1) is 18.5. The Hall–Kier alpha value is -3.68. The first-order valence-corrected chi connectivity index (χ1v) is 13.3. The summed E-state index contributed by atoms with van der Waals surface area (Å²) in [5.41, 5.74) is 0.323. The predicted octanol–water partition coefficient (Wildman–Crippen LogP) is 5.68. The van der Waals surface area contributed by atoms with E-state index in [2.05, 4.69) is 13.8 Å². The van der Waals surface area contributed by atoms with E-state index in [0.717, 1.165) is 38.5 Å². The molecule has 0 fully saturated rings. The summed E-state index contributed by atoms with van der Waals surface area (Å²) in [5.74, 6) is -3.70. The third-order valence-corrected chi connectivity index (χ3v) is 5.71. The Morgan fingerprint density at radius 2 is 0.921 bits per heavy atom. The van der Waals surface area contributed by atoms with Crippen molar-refractivity contribution in [3.05, 3.63) is 71.8 Å². The minimum atomic E-state index is -1.84. The Balaban J connectivity index is 2.27. The maximum absolute atomic E-state index is 13.1. The average molecular weight is 527 g/mol. The van der Waals surface area contributed by atoms with E-state index in [1.807, 2.05) is 0 Å². The van der Waals surface area contributed by atoms with Crippen LogP contribution >= 0.6 is 0 Å². The summed E-state index contributed by atoms with van der Waals surface area (Å²) < 4.78 is 21.6. The first-order valence-electron chi connectivity index (χ1n) is 13.3. The number of benzene rings is 2. The molecule has 0 radical (unpaired) electrons. The van der Waals surface area contributed by atoms with Gasteiger partial charge in [-0.15, -0.1) is 0 Å². The van der Waals surface area contributed by atoms with Crippen molar-refractivity contribution in [1.82, 2.24) is 0 Å². The minimum Gasteiger partial charge on any atom is -0.463 e. The van der Waals surface area contributed by atoms with Gasteiger partial charge in [-0.1, -0.05) is 88.8 Å². The molecule has 0 heterocycles. The van der Waals surface area contributed by atoms with Crippen molar-refractivity contribution in [2.45, 2.75) is 77.4 Å². The van der Waals surface area contributed by atoms with E-state index >= 15 is 0 Å². The van der Waals surface area contributed by atoms with Crippen LogP contribution in [-0.2, 0) is 28.5 Å². The van der Waals surface area contributed by atoms with Crippen LogP contribution in [-0.4, -0.2) is 49.3 Å². The molecule has 0 saturated heterocycles. The molecule has 0 bridgehead atoms. The number of hydrogen-bond donors (Lipinski definition) is 0. The summed E-state index contributed by atoms with van der Waals surface area (Å²) in [7, 11) is 0. The number of hydrogen-bond acceptors (Lipinski definition) is 8. The molecule has 2 aromatic carbocycles. The van der Waals surface area contributed by atoms with E-state index in [1.165, 1.54) is 24.3 Å². The average Bonchev–Trinajstić information content (AvgIpc) is 2.95. The highest BCUT2D eigenvalue weighted by atomic mass is 16.6. The Morgan fingerprint density at radius 3 is 1.26 bits per heavy atom. The smallest absolute Gasteiger partial charge is 0.352 e. The molecule has 0 aliphatic heterocycles. The minimum absolute atomic E-state index is 0.0731. The van der Waals surface area contributed by atoms with Gasteiger partial charge in [0.25, 0.3) is 0 Å². The summed E-state index contributed by atoms with van der Waals surface area (Å²) in [6, 6.07) is 16.0. The van der Waals surface area contributed by atoms with Crippen LogP contribution in [0.4, 0.5) is 0 Å². The fourth-order valence-corrected chi connectivity index (χ4v) is 3.55. The Kier molecular flexibility index (Phi) is 14.2. The molecule has 2 rings (SSSR count). The van der Waals surface area contributed by atoms with Gasteiger partial charge in [-0.05, 0) is 37.1 Å². The topological polar surface area (TPSA) is 105 Å². The third kappa shape index (κ3) is 10.7. The normalized spacial score (nSPS) is 12.2. The van der Waals surface area contributed by atoms with Crippen LogP contribution in [0.2, 0.25) is 0 Å². The Morgan fingerprint density at radius 1 is 0.553 bits per heavy atom. The second-order valence-electron chi connectivity index (χ2n) is 8.84. The van der Waals surface area contributed by atoms with Gasteiger partial charge in [0.15, 0.2) is 0 Å². The van der Waals surface area contributed by atoms with Crippen LogP contribution < -0.4 is 0 Å². The molecular formula is C30H38O8. The molecule has 2 atom stereocenters. The highest BCUT2D eigenvalue weighted by Gasteiger charge is 2.43. The largest absolute Gasteiger partial charge is 0.463 e. The molecule has 2 unspecified atom stereocenters. The summed E-state index contributed by atoms with van der Waals surface area (Å²) in [6.07, 6.45) is 3.20. The molecule has 38 heavy (non-hydrogen) atoms. The maximum Gasteiger partial charge on any atom is 0.352 e. The molecule has 206 valence electrons. The van der Waals surface area contributed by atoms with E-state index < -0.39 is 36.1 Å². The van der Waals surface area contributed by atoms with Gasteiger partial charge in [-0.2, -0.15) is 0 Å². The summed E-state index contributed by atoms with van der Waals surface area (Å²) >= 11 is 0. The lowest BCUT2D eigenvalue weighted by molar-refractivity contribution is -0.174. The van der Waals surface area contributed by atoms with Crippen LogP contribution in [0.25, 0.3) is 0 Å². The molecule has 0 spiro atoms. The number of carbonyl (C=O) groups excluding carboxylic acids is 4. The standard InChI is InChI=1S/C30H38O8/c1-3-5-7-15-21-35-29(33)25(37-27(31)23-17-11-9-12-18-23)26(30(34)36-22-16-8-6-4-2)38-28(32)24-19-13-10-14-20-24/h9-14,17-20,25-26H,3-8,15-16,21-22H2,1-2H3. The van der Waals surface area contributed by atoms with E-state index in [0.29, 0.717) is 12.8 Å². The van der Waals surface area contributed by atoms with Gasteiger partial charge in [0.05, 0.1) is 24.3 Å². The van der Waals surface area contributed by atoms with Gasteiger partial charge < -0.3 is 18.9 Å². The van der Waals surface area contributed by atoms with Crippen LogP contribution in [0.1, 0.15) is 85.9 Å². The van der Waals surface area contributed by atoms with Crippen molar-refractivity contribution in [2.75, 3.05) is 13.2 Å². The van der Waals surface area contributed by atoms with E-state index in [-0.39, 0.29) is 24.3 Å². The van der Waals surface area contributed by atoms with Crippen LogP contribution in [0.5, 0.6) is 0 Å². The molecule has 8 heteroatoms. The van der Waals surface area contributed by atoms with Crippen molar-refractivity contribution in [2.24, 2.45) is 0 Å². The zero-order chi connectivity index (χ0) is 27.6. The highest BCUT2D eigenvalue weighted by molar-refractivity contribution is 5.96. The summed E-state index contributed by atoms with van der Waals surface area (Å²) in [4.78, 5) is 52.0. The molecule has 0 aliphatic rings. The highest BCUT2D eigenvalue weighted by Crippen LogP contribution is 2.16. The van der Waals surface area contributed by atoms with Gasteiger partial charge >= 0.3 is 23.9 Å². The van der Waals surface area contributed by atoms with Gasteiger partial charge in [0, 0.05) is 0 Å². The lowest BCUT2D eigenvalue weighted by Gasteiger charge is -2.24. The number of rotatable bonds is 17. The number of esters is 4. The number of unbranched alkanes of at least 4 members (excludes halogenated alkanes) is 6. The van der Waals surface area contributed by atoms with Crippen molar-refractivity contribution >= 4 is 23.9 Å². The molecule has 0 saturated carbocycles. The molecule has 2 aromatic rings. The summed E-state index contributed by atoms with van der Waals surface area (Å²) in [6.45, 7) is 4.27. The SMILES string of the molecule is CCCCCCOC(=O)C(OC(=O)c1ccccc1)C(OC(=O)c1ccccc1)C(=O)OCCCCCC. The van der Waals surface area contributed by atoms with Crippen molar-refractivity contribution < 1.29 is 38.1 Å². The summed E-state index contributed by atoms with van der Waals surface area (Å²) in [5, 5.41) is 0. The number of carbonyl (C=O) groups is 4. The molecule has 0 N–H and O–H groups in total. The molecule has 8 nitrogen and oxygen atoms in total. The second kappa shape index (κ2) is 17.7. The first kappa shape index (κ1) is 30.5. The van der Waals surface area contributed by atoms with E-state index in [1.54, 1.807) is 36.4 Å². The van der Waals surface area contributed by atoms with Gasteiger partial charge in [0.2, 0.25) is 12.2 Å². The van der Waals surface area contributed by atoms with E-state index in [9.17, 15) is 19.2 Å². The van der Waals surface area contributed by atoms with Crippen LogP contribution in [0.15, 0.2) is 60.7 Å². The Bertz CT molecular complexity index is 908. The lowest BCUT2D eigenvalue weighted by atomic mass is 10.1. The maximum atomic E-state index is 13.1. The van der Waals surface area contributed by atoms with E-state index in [4.69, 9.17) is 18.9 Å². The molecular weight excluding hydrogens is 488 g/mol.